The van der Waals surface area contributed by atoms with E-state index in [-0.39, 0.29) is 42.2 Å². The van der Waals surface area contributed by atoms with E-state index in [1.54, 1.807) is 12.1 Å². The summed E-state index contributed by atoms with van der Waals surface area (Å²) in [6.07, 6.45) is 10.4. The van der Waals surface area contributed by atoms with E-state index in [4.69, 9.17) is 0 Å². The van der Waals surface area contributed by atoms with Gasteiger partial charge in [-0.1, -0.05) is 37.1 Å². The molecule has 0 saturated carbocycles. The van der Waals surface area contributed by atoms with Crippen LogP contribution in [-0.2, 0) is 0 Å². The topological polar surface area (TPSA) is 57.7 Å². The highest BCUT2D eigenvalue weighted by Crippen LogP contribution is 2.38. The first-order chi connectivity index (χ1) is 17.6. The van der Waals surface area contributed by atoms with Crippen LogP contribution in [0.1, 0.15) is 101 Å². The van der Waals surface area contributed by atoms with Crippen LogP contribution in [0.5, 0.6) is 0 Å². The molecule has 3 aliphatic rings. The van der Waals surface area contributed by atoms with Crippen molar-refractivity contribution in [1.29, 1.82) is 0 Å². The van der Waals surface area contributed by atoms with E-state index >= 15 is 0 Å². The first-order valence-corrected chi connectivity index (χ1v) is 13.9. The second-order valence-electron chi connectivity index (χ2n) is 10.7. The van der Waals surface area contributed by atoms with E-state index < -0.39 is 0 Å². The minimum atomic E-state index is -0.0778. The van der Waals surface area contributed by atoms with Crippen LogP contribution in [0.3, 0.4) is 0 Å². The molecule has 2 aromatic rings. The standard InChI is InChI=1S/C31H38N2O3.2ClH/c34-29(9-7-19-32-15-3-1-4-16-32)23-11-13-25-26-14-12-24(22-28(26)31(36)27(25)21-23)30(35)10-8-20-33-17-5-2-6-18-33;;/h11-14,21-22H,1-10,15-20H2;2*1H. The van der Waals surface area contributed by atoms with Crippen molar-refractivity contribution in [3.05, 3.63) is 58.7 Å². The molecule has 0 bridgehead atoms. The Bertz CT molecular complexity index is 1050. The van der Waals surface area contributed by atoms with Gasteiger partial charge in [0.2, 0.25) is 0 Å². The minimum absolute atomic E-state index is 0. The Hall–Kier alpha value is -2.05. The molecule has 0 N–H and O–H groups in total. The number of fused-ring (bicyclic) bond motifs is 3. The molecule has 0 atom stereocenters. The number of likely N-dealkylation sites (tertiary alicyclic amines) is 2. The number of nitrogens with zero attached hydrogens (tertiary/aromatic N) is 2. The van der Waals surface area contributed by atoms with Gasteiger partial charge >= 0.3 is 0 Å². The number of ketones is 3. The van der Waals surface area contributed by atoms with Crippen LogP contribution >= 0.6 is 24.8 Å². The number of carbonyl (C=O) groups excluding carboxylic acids is 3. The minimum Gasteiger partial charge on any atom is -0.303 e. The monoisotopic (exact) mass is 558 g/mol. The van der Waals surface area contributed by atoms with E-state index in [0.717, 1.165) is 63.2 Å². The second-order valence-corrected chi connectivity index (χ2v) is 10.7. The summed E-state index contributed by atoms with van der Waals surface area (Å²) < 4.78 is 0. The lowest BCUT2D eigenvalue weighted by molar-refractivity contribution is 0.0965. The Kier molecular flexibility index (Phi) is 11.5. The number of halogens is 2. The molecule has 0 aromatic heterocycles. The SMILES string of the molecule is Cl.Cl.O=C(CCCN1CCCCC1)c1ccc2c(c1)C(=O)c1cc(C(=O)CCCN3CCCCC3)ccc1-2. The van der Waals surface area contributed by atoms with Crippen molar-refractivity contribution in [1.82, 2.24) is 9.80 Å². The van der Waals surface area contributed by atoms with Gasteiger partial charge in [0, 0.05) is 35.1 Å². The number of rotatable bonds is 10. The van der Waals surface area contributed by atoms with E-state index in [2.05, 4.69) is 9.80 Å². The van der Waals surface area contributed by atoms with Gasteiger partial charge in [-0.05, 0) is 101 Å². The Morgan fingerprint density at radius 2 is 0.974 bits per heavy atom. The van der Waals surface area contributed by atoms with Crippen molar-refractivity contribution in [3.63, 3.8) is 0 Å². The summed E-state index contributed by atoms with van der Waals surface area (Å²) in [4.78, 5) is 43.8. The first-order valence-electron chi connectivity index (χ1n) is 13.9. The fourth-order valence-electron chi connectivity index (χ4n) is 6.01. The van der Waals surface area contributed by atoms with Crippen LogP contribution in [0.25, 0.3) is 11.1 Å². The van der Waals surface area contributed by atoms with Crippen molar-refractivity contribution in [2.24, 2.45) is 0 Å². The van der Waals surface area contributed by atoms with E-state index in [1.807, 2.05) is 24.3 Å². The number of Topliss-reactive ketones (excluding diaryl/α,β-unsaturated/α-hetero) is 2. The zero-order chi connectivity index (χ0) is 24.9. The Balaban J connectivity index is 0.00000200. The zero-order valence-corrected chi connectivity index (χ0v) is 23.8. The molecule has 2 saturated heterocycles. The van der Waals surface area contributed by atoms with Gasteiger partial charge in [0.05, 0.1) is 0 Å². The van der Waals surface area contributed by atoms with Crippen LogP contribution in [-0.4, -0.2) is 66.4 Å². The molecule has 7 heteroatoms. The van der Waals surface area contributed by atoms with Gasteiger partial charge < -0.3 is 9.80 Å². The quantitative estimate of drug-likeness (QED) is 0.261. The third-order valence-electron chi connectivity index (χ3n) is 8.12. The number of carbonyl (C=O) groups is 3. The second kappa shape index (κ2) is 14.4. The summed E-state index contributed by atoms with van der Waals surface area (Å²) in [6.45, 7) is 6.50. The van der Waals surface area contributed by atoms with Gasteiger partial charge in [-0.3, -0.25) is 14.4 Å². The number of benzene rings is 2. The van der Waals surface area contributed by atoms with E-state index in [0.29, 0.717) is 35.1 Å². The van der Waals surface area contributed by atoms with Gasteiger partial charge in [-0.2, -0.15) is 0 Å². The maximum absolute atomic E-state index is 13.2. The average molecular weight is 560 g/mol. The predicted molar refractivity (Wildman–Crippen MR) is 158 cm³/mol. The molecular weight excluding hydrogens is 519 g/mol. The summed E-state index contributed by atoms with van der Waals surface area (Å²) in [5.74, 6) is 0.122. The lowest BCUT2D eigenvalue weighted by Crippen LogP contribution is -2.30. The molecule has 0 radical (unpaired) electrons. The molecule has 0 amide bonds. The molecule has 0 spiro atoms. The summed E-state index contributed by atoms with van der Waals surface area (Å²) >= 11 is 0. The summed E-state index contributed by atoms with van der Waals surface area (Å²) in [6, 6.07) is 11.0. The normalized spacial score (nSPS) is 17.2. The smallest absolute Gasteiger partial charge is 0.194 e. The van der Waals surface area contributed by atoms with Crippen LogP contribution in [0.2, 0.25) is 0 Å². The lowest BCUT2D eigenvalue weighted by Gasteiger charge is -2.26. The molecule has 2 heterocycles. The van der Waals surface area contributed by atoms with Crippen LogP contribution in [0, 0.1) is 0 Å². The van der Waals surface area contributed by atoms with Gasteiger partial charge in [0.1, 0.15) is 0 Å². The van der Waals surface area contributed by atoms with Crippen molar-refractivity contribution in [3.8, 4) is 11.1 Å². The molecule has 38 heavy (non-hydrogen) atoms. The predicted octanol–water partition coefficient (Wildman–Crippen LogP) is 6.64. The highest BCUT2D eigenvalue weighted by atomic mass is 35.5. The maximum Gasteiger partial charge on any atom is 0.194 e. The van der Waals surface area contributed by atoms with Crippen molar-refractivity contribution < 1.29 is 14.4 Å². The maximum atomic E-state index is 13.2. The average Bonchev–Trinajstić information content (AvgIpc) is 3.20. The zero-order valence-electron chi connectivity index (χ0n) is 22.2. The molecule has 1 aliphatic carbocycles. The van der Waals surface area contributed by atoms with Crippen LogP contribution in [0.4, 0.5) is 0 Å². The lowest BCUT2D eigenvalue weighted by atomic mass is 9.98. The summed E-state index contributed by atoms with van der Waals surface area (Å²) in [5, 5.41) is 0. The van der Waals surface area contributed by atoms with Crippen LogP contribution < -0.4 is 0 Å². The fourth-order valence-corrected chi connectivity index (χ4v) is 6.01. The van der Waals surface area contributed by atoms with Gasteiger partial charge in [0.15, 0.2) is 17.3 Å². The third-order valence-corrected chi connectivity index (χ3v) is 8.12. The Labute approximate surface area is 239 Å². The molecule has 206 valence electrons. The molecule has 2 fully saturated rings. The first kappa shape index (κ1) is 30.5. The molecule has 5 rings (SSSR count). The van der Waals surface area contributed by atoms with E-state index in [9.17, 15) is 14.4 Å². The highest BCUT2D eigenvalue weighted by Gasteiger charge is 2.28. The summed E-state index contributed by atoms with van der Waals surface area (Å²) in [7, 11) is 0. The molecule has 2 aliphatic heterocycles. The number of hydrogen-bond acceptors (Lipinski definition) is 5. The van der Waals surface area contributed by atoms with Gasteiger partial charge in [-0.25, -0.2) is 0 Å². The number of hydrogen-bond donors (Lipinski definition) is 0. The number of piperidine rings is 2. The Morgan fingerprint density at radius 3 is 1.37 bits per heavy atom. The van der Waals surface area contributed by atoms with Gasteiger partial charge in [0.25, 0.3) is 0 Å². The van der Waals surface area contributed by atoms with E-state index in [1.165, 1.54) is 38.5 Å². The fraction of sp³-hybridized carbons (Fsp3) is 0.516. The van der Waals surface area contributed by atoms with Crippen molar-refractivity contribution in [2.45, 2.75) is 64.2 Å². The highest BCUT2D eigenvalue weighted by molar-refractivity contribution is 6.23. The van der Waals surface area contributed by atoms with Gasteiger partial charge in [-0.15, -0.1) is 24.8 Å². The Morgan fingerprint density at radius 1 is 0.579 bits per heavy atom. The largest absolute Gasteiger partial charge is 0.303 e. The molecule has 5 nitrogen and oxygen atoms in total. The van der Waals surface area contributed by atoms with Crippen LogP contribution in [0.15, 0.2) is 36.4 Å². The molecule has 0 unspecified atom stereocenters. The third kappa shape index (κ3) is 7.12. The molecular formula is C31H40Cl2N2O3. The summed E-state index contributed by atoms with van der Waals surface area (Å²) in [5.41, 5.74) is 4.13. The van der Waals surface area contributed by atoms with Crippen molar-refractivity contribution in [2.75, 3.05) is 39.3 Å². The molecule has 2 aromatic carbocycles. The van der Waals surface area contributed by atoms with Crippen molar-refractivity contribution >= 4 is 42.2 Å².